The topological polar surface area (TPSA) is 86.5 Å². The molecule has 2 atom stereocenters. The molecule has 0 spiro atoms. The molecule has 6 nitrogen and oxygen atoms in total. The zero-order valence-electron chi connectivity index (χ0n) is 13.4. The lowest BCUT2D eigenvalue weighted by molar-refractivity contribution is -0.0233. The molecule has 134 valence electrons. The third-order valence-corrected chi connectivity index (χ3v) is 4.31. The Morgan fingerprint density at radius 2 is 2.24 bits per heavy atom. The fraction of sp³-hybridized carbons (Fsp3) is 0.412. The van der Waals surface area contributed by atoms with Gasteiger partial charge in [-0.3, -0.25) is 4.79 Å². The molecule has 0 saturated carbocycles. The second-order valence-corrected chi connectivity index (χ2v) is 6.47. The summed E-state index contributed by atoms with van der Waals surface area (Å²) in [7, 11) is 0. The van der Waals surface area contributed by atoms with E-state index < -0.39 is 23.2 Å². The number of hydrogen-bond acceptors (Lipinski definition) is 5. The summed E-state index contributed by atoms with van der Waals surface area (Å²) in [6.45, 7) is 1.62. The van der Waals surface area contributed by atoms with Crippen LogP contribution < -0.4 is 15.8 Å². The summed E-state index contributed by atoms with van der Waals surface area (Å²) in [5.74, 6) is -0.685. The van der Waals surface area contributed by atoms with Crippen LogP contribution in [0.15, 0.2) is 42.6 Å². The molecule has 3 rings (SSSR count). The molecule has 1 amide bonds. The third-order valence-electron chi connectivity index (χ3n) is 4.06. The van der Waals surface area contributed by atoms with Crippen LogP contribution in [-0.4, -0.2) is 47.9 Å². The first-order chi connectivity index (χ1) is 12.0. The van der Waals surface area contributed by atoms with Crippen molar-refractivity contribution in [1.82, 2.24) is 10.3 Å². The number of hydrogen-bond donors (Lipinski definition) is 2. The first kappa shape index (κ1) is 17.8. The zero-order chi connectivity index (χ0) is 17.9. The number of primary amides is 1. The minimum atomic E-state index is -1.98. The van der Waals surface area contributed by atoms with Gasteiger partial charge in [-0.05, 0) is 24.3 Å². The average molecular weight is 368 g/mol. The van der Waals surface area contributed by atoms with Crippen LogP contribution in [0.4, 0.5) is 4.39 Å². The Morgan fingerprint density at radius 1 is 1.48 bits per heavy atom. The van der Waals surface area contributed by atoms with E-state index in [9.17, 15) is 9.18 Å². The maximum absolute atomic E-state index is 13.7. The van der Waals surface area contributed by atoms with Gasteiger partial charge in [0.25, 0.3) is 5.91 Å². The SMILES string of the molecule is NC(=O)c1cccnc1O[C@@H]1CNCCO[C@H]1C1C=CC(F)(Cl)C=C1. The summed E-state index contributed by atoms with van der Waals surface area (Å²) < 4.78 is 25.6. The van der Waals surface area contributed by atoms with Gasteiger partial charge >= 0.3 is 0 Å². The van der Waals surface area contributed by atoms with Crippen LogP contribution in [0.25, 0.3) is 0 Å². The van der Waals surface area contributed by atoms with Gasteiger partial charge < -0.3 is 20.5 Å². The van der Waals surface area contributed by atoms with Crippen molar-refractivity contribution in [2.45, 2.75) is 17.3 Å². The molecule has 25 heavy (non-hydrogen) atoms. The molecule has 1 aromatic heterocycles. The van der Waals surface area contributed by atoms with Crippen molar-refractivity contribution < 1.29 is 18.7 Å². The summed E-state index contributed by atoms with van der Waals surface area (Å²) in [6, 6.07) is 3.16. The zero-order valence-corrected chi connectivity index (χ0v) is 14.2. The molecule has 0 unspecified atom stereocenters. The number of carbonyl (C=O) groups is 1. The highest BCUT2D eigenvalue weighted by molar-refractivity contribution is 6.25. The van der Waals surface area contributed by atoms with Gasteiger partial charge in [0.1, 0.15) is 17.8 Å². The van der Waals surface area contributed by atoms with Crippen molar-refractivity contribution >= 4 is 17.5 Å². The first-order valence-corrected chi connectivity index (χ1v) is 8.34. The maximum Gasteiger partial charge on any atom is 0.254 e. The Bertz CT molecular complexity index is 679. The van der Waals surface area contributed by atoms with E-state index in [0.29, 0.717) is 19.7 Å². The quantitative estimate of drug-likeness (QED) is 0.623. The van der Waals surface area contributed by atoms with Crippen molar-refractivity contribution in [3.63, 3.8) is 0 Å². The fourth-order valence-corrected chi connectivity index (χ4v) is 2.98. The Labute approximate surface area is 149 Å². The van der Waals surface area contributed by atoms with Gasteiger partial charge in [-0.2, -0.15) is 0 Å². The fourth-order valence-electron chi connectivity index (χ4n) is 2.84. The number of allylic oxidation sites excluding steroid dienone is 2. The number of amides is 1. The lowest BCUT2D eigenvalue weighted by Gasteiger charge is -2.31. The second kappa shape index (κ2) is 7.51. The Hall–Kier alpha value is -1.96. The number of nitrogens with one attached hydrogen (secondary N) is 1. The molecule has 1 aromatic rings. The number of halogens is 2. The monoisotopic (exact) mass is 367 g/mol. The van der Waals surface area contributed by atoms with Gasteiger partial charge in [-0.1, -0.05) is 23.8 Å². The van der Waals surface area contributed by atoms with Crippen LogP contribution in [0.1, 0.15) is 10.4 Å². The van der Waals surface area contributed by atoms with E-state index in [1.807, 2.05) is 0 Å². The number of rotatable bonds is 4. The summed E-state index contributed by atoms with van der Waals surface area (Å²) in [5.41, 5.74) is 5.57. The standard InChI is InChI=1S/C17H19ClFN3O3/c18-17(19)5-3-11(4-6-17)14-13(10-21-8-9-24-14)25-16-12(15(20)23)2-1-7-22-16/h1-7,11,13-14,21H,8-10H2,(H2,20,23)/t11?,13-,14+,17?/m1/s1. The van der Waals surface area contributed by atoms with Gasteiger partial charge in [0, 0.05) is 25.2 Å². The van der Waals surface area contributed by atoms with Crippen LogP contribution in [0.2, 0.25) is 0 Å². The van der Waals surface area contributed by atoms with E-state index in [-0.39, 0.29) is 17.4 Å². The predicted octanol–water partition coefficient (Wildman–Crippen LogP) is 1.56. The third kappa shape index (κ3) is 4.36. The summed E-state index contributed by atoms with van der Waals surface area (Å²) >= 11 is 5.64. The smallest absolute Gasteiger partial charge is 0.254 e. The molecule has 3 N–H and O–H groups in total. The molecule has 1 fully saturated rings. The number of ether oxygens (including phenoxy) is 2. The van der Waals surface area contributed by atoms with Crippen molar-refractivity contribution in [3.05, 3.63) is 48.2 Å². The summed E-state index contributed by atoms with van der Waals surface area (Å²) in [4.78, 5) is 15.7. The first-order valence-electron chi connectivity index (χ1n) is 7.96. The number of pyridine rings is 1. The van der Waals surface area contributed by atoms with E-state index in [2.05, 4.69) is 10.3 Å². The van der Waals surface area contributed by atoms with Gasteiger partial charge in [-0.25, -0.2) is 9.37 Å². The number of aromatic nitrogens is 1. The molecular formula is C17H19ClFN3O3. The van der Waals surface area contributed by atoms with Crippen molar-refractivity contribution in [3.8, 4) is 5.88 Å². The molecule has 0 radical (unpaired) electrons. The number of alkyl halides is 2. The van der Waals surface area contributed by atoms with Crippen molar-refractivity contribution in [1.29, 1.82) is 0 Å². The highest BCUT2D eigenvalue weighted by Crippen LogP contribution is 2.31. The van der Waals surface area contributed by atoms with Crippen LogP contribution in [-0.2, 0) is 4.74 Å². The molecule has 1 aliphatic carbocycles. The Kier molecular flexibility index (Phi) is 5.36. The van der Waals surface area contributed by atoms with Gasteiger partial charge in [0.05, 0.1) is 6.61 Å². The molecule has 0 aromatic carbocycles. The predicted molar refractivity (Wildman–Crippen MR) is 91.2 cm³/mol. The minimum absolute atomic E-state index is 0.151. The highest BCUT2D eigenvalue weighted by Gasteiger charge is 2.35. The van der Waals surface area contributed by atoms with Crippen LogP contribution in [0.5, 0.6) is 5.88 Å². The maximum atomic E-state index is 13.7. The lowest BCUT2D eigenvalue weighted by atomic mass is 9.92. The lowest BCUT2D eigenvalue weighted by Crippen LogP contribution is -2.43. The van der Waals surface area contributed by atoms with E-state index in [4.69, 9.17) is 26.8 Å². The molecular weight excluding hydrogens is 349 g/mol. The summed E-state index contributed by atoms with van der Waals surface area (Å²) in [6.07, 6.45) is 6.57. The van der Waals surface area contributed by atoms with Crippen LogP contribution in [0, 0.1) is 5.92 Å². The molecule has 1 aliphatic heterocycles. The molecule has 8 heteroatoms. The highest BCUT2D eigenvalue weighted by atomic mass is 35.5. The van der Waals surface area contributed by atoms with E-state index in [0.717, 1.165) is 0 Å². The van der Waals surface area contributed by atoms with Gasteiger partial charge in [0.2, 0.25) is 11.0 Å². The minimum Gasteiger partial charge on any atom is -0.470 e. The molecule has 0 bridgehead atoms. The van der Waals surface area contributed by atoms with Crippen LogP contribution >= 0.6 is 11.6 Å². The molecule has 2 heterocycles. The molecule has 2 aliphatic rings. The van der Waals surface area contributed by atoms with Crippen molar-refractivity contribution in [2.75, 3.05) is 19.7 Å². The average Bonchev–Trinajstić information content (AvgIpc) is 2.81. The van der Waals surface area contributed by atoms with E-state index >= 15 is 0 Å². The van der Waals surface area contributed by atoms with E-state index in [1.54, 1.807) is 24.3 Å². The second-order valence-electron chi connectivity index (χ2n) is 5.89. The van der Waals surface area contributed by atoms with E-state index in [1.165, 1.54) is 18.3 Å². The number of nitrogens with two attached hydrogens (primary N) is 1. The summed E-state index contributed by atoms with van der Waals surface area (Å²) in [5, 5.41) is 1.23. The van der Waals surface area contributed by atoms with Crippen LogP contribution in [0.3, 0.4) is 0 Å². The van der Waals surface area contributed by atoms with Crippen molar-refractivity contribution in [2.24, 2.45) is 11.7 Å². The normalized spacial score (nSPS) is 32.2. The molecule has 1 saturated heterocycles. The number of nitrogens with zero attached hydrogens (tertiary/aromatic N) is 1. The Morgan fingerprint density at radius 3 is 2.96 bits per heavy atom. The van der Waals surface area contributed by atoms with Gasteiger partial charge in [0.15, 0.2) is 0 Å². The Balaban J connectivity index is 1.82. The largest absolute Gasteiger partial charge is 0.470 e. The number of carbonyl (C=O) groups excluding carboxylic acids is 1. The van der Waals surface area contributed by atoms with Gasteiger partial charge in [-0.15, -0.1) is 0 Å².